The van der Waals surface area contributed by atoms with Crippen LogP contribution in [0.25, 0.3) is 6.08 Å². The second-order valence-electron chi connectivity index (χ2n) is 7.44. The molecule has 0 bridgehead atoms. The van der Waals surface area contributed by atoms with Crippen molar-refractivity contribution in [1.29, 1.82) is 0 Å². The maximum absolute atomic E-state index is 13.9. The van der Waals surface area contributed by atoms with Crippen LogP contribution >= 0.6 is 23.4 Å². The molecule has 8 nitrogen and oxygen atoms in total. The Morgan fingerprint density at radius 1 is 1.17 bits per heavy atom. The molecule has 0 saturated carbocycles. The molecule has 0 spiro atoms. The Balaban J connectivity index is 1.51. The molecule has 0 N–H and O–H groups in total. The molecule has 2 heterocycles. The van der Waals surface area contributed by atoms with Gasteiger partial charge < -0.3 is 18.6 Å². The quantitative estimate of drug-likeness (QED) is 0.270. The molecule has 0 radical (unpaired) electrons. The Labute approximate surface area is 214 Å². The number of carbonyl (C=O) groups excluding carboxylic acids is 3. The van der Waals surface area contributed by atoms with Gasteiger partial charge in [0, 0.05) is 5.56 Å². The fourth-order valence-corrected chi connectivity index (χ4v) is 4.46. The van der Waals surface area contributed by atoms with Crippen molar-refractivity contribution in [2.75, 3.05) is 14.2 Å². The van der Waals surface area contributed by atoms with Crippen molar-refractivity contribution in [2.24, 2.45) is 0 Å². The number of ether oxygens (including phenoxy) is 3. The van der Waals surface area contributed by atoms with E-state index in [2.05, 4.69) is 4.74 Å². The third kappa shape index (κ3) is 5.39. The first-order valence-electron chi connectivity index (χ1n) is 10.5. The van der Waals surface area contributed by atoms with Gasteiger partial charge in [0.15, 0.2) is 11.5 Å². The zero-order chi connectivity index (χ0) is 25.8. The molecule has 0 unspecified atom stereocenters. The van der Waals surface area contributed by atoms with E-state index in [0.29, 0.717) is 11.1 Å². The fourth-order valence-electron chi connectivity index (χ4n) is 3.35. The van der Waals surface area contributed by atoms with Crippen LogP contribution in [0.2, 0.25) is 5.02 Å². The van der Waals surface area contributed by atoms with Crippen LogP contribution in [0.15, 0.2) is 57.9 Å². The highest BCUT2D eigenvalue weighted by Gasteiger charge is 2.36. The normalized spacial score (nSPS) is 14.4. The monoisotopic (exact) mass is 531 g/mol. The minimum absolute atomic E-state index is 0.0333. The molecule has 0 aliphatic carbocycles. The number of hydrogen-bond donors (Lipinski definition) is 0. The predicted molar refractivity (Wildman–Crippen MR) is 130 cm³/mol. The van der Waals surface area contributed by atoms with Crippen molar-refractivity contribution >= 4 is 46.6 Å². The zero-order valence-corrected chi connectivity index (χ0v) is 20.7. The molecule has 2 aromatic carbocycles. The number of methoxy groups -OCH3 is 2. The molecule has 1 aromatic heterocycles. The van der Waals surface area contributed by atoms with Gasteiger partial charge in [-0.05, 0) is 53.7 Å². The van der Waals surface area contributed by atoms with Crippen LogP contribution in [0.3, 0.4) is 0 Å². The molecule has 1 saturated heterocycles. The van der Waals surface area contributed by atoms with Crippen LogP contribution in [-0.2, 0) is 22.7 Å². The molecule has 2 amide bonds. The smallest absolute Gasteiger partial charge is 0.373 e. The Morgan fingerprint density at radius 2 is 1.94 bits per heavy atom. The van der Waals surface area contributed by atoms with Crippen LogP contribution in [0.5, 0.6) is 11.5 Å². The highest BCUT2D eigenvalue weighted by Crippen LogP contribution is 2.39. The van der Waals surface area contributed by atoms with Gasteiger partial charge in [-0.3, -0.25) is 14.5 Å². The van der Waals surface area contributed by atoms with E-state index in [9.17, 15) is 18.8 Å². The van der Waals surface area contributed by atoms with E-state index >= 15 is 0 Å². The van der Waals surface area contributed by atoms with Crippen LogP contribution in [0.4, 0.5) is 9.18 Å². The molecule has 1 aliphatic rings. The molecule has 3 aromatic rings. The predicted octanol–water partition coefficient (Wildman–Crippen LogP) is 5.68. The number of rotatable bonds is 8. The summed E-state index contributed by atoms with van der Waals surface area (Å²) in [6.07, 6.45) is 1.50. The van der Waals surface area contributed by atoms with Gasteiger partial charge in [-0.25, -0.2) is 9.18 Å². The minimum atomic E-state index is -0.664. The third-order valence-electron chi connectivity index (χ3n) is 5.12. The lowest BCUT2D eigenvalue weighted by Crippen LogP contribution is -2.27. The number of hydrogen-bond acceptors (Lipinski definition) is 8. The maximum atomic E-state index is 13.9. The molecule has 1 aliphatic heterocycles. The van der Waals surface area contributed by atoms with Crippen molar-refractivity contribution in [3.05, 3.63) is 86.9 Å². The summed E-state index contributed by atoms with van der Waals surface area (Å²) in [4.78, 5) is 38.1. The summed E-state index contributed by atoms with van der Waals surface area (Å²) in [5, 5.41) is -0.313. The van der Waals surface area contributed by atoms with E-state index in [-0.39, 0.29) is 46.1 Å². The Kier molecular flexibility index (Phi) is 7.66. The van der Waals surface area contributed by atoms with Crippen LogP contribution in [0.1, 0.15) is 27.4 Å². The Morgan fingerprint density at radius 3 is 2.67 bits per heavy atom. The molecule has 11 heteroatoms. The Bertz CT molecular complexity index is 1370. The first-order valence-corrected chi connectivity index (χ1v) is 11.7. The van der Waals surface area contributed by atoms with Crippen molar-refractivity contribution in [3.8, 4) is 11.5 Å². The summed E-state index contributed by atoms with van der Waals surface area (Å²) >= 11 is 7.15. The first kappa shape index (κ1) is 25.3. The number of esters is 1. The summed E-state index contributed by atoms with van der Waals surface area (Å²) in [5.41, 5.74) is 0.843. The summed E-state index contributed by atoms with van der Waals surface area (Å²) in [6.45, 7) is -0.211. The summed E-state index contributed by atoms with van der Waals surface area (Å²) < 4.78 is 34.9. The van der Waals surface area contributed by atoms with E-state index in [1.54, 1.807) is 30.3 Å². The summed E-state index contributed by atoms with van der Waals surface area (Å²) in [6, 6.07) is 12.2. The highest BCUT2D eigenvalue weighted by molar-refractivity contribution is 8.18. The highest BCUT2D eigenvalue weighted by atomic mass is 35.5. The number of furan rings is 1. The average molecular weight is 532 g/mol. The molecule has 4 rings (SSSR count). The summed E-state index contributed by atoms with van der Waals surface area (Å²) in [5.74, 6) is -0.898. The lowest BCUT2D eigenvalue weighted by molar-refractivity contribution is -0.123. The minimum Gasteiger partial charge on any atom is -0.493 e. The number of benzene rings is 2. The van der Waals surface area contributed by atoms with Gasteiger partial charge >= 0.3 is 5.97 Å². The second kappa shape index (κ2) is 10.9. The van der Waals surface area contributed by atoms with E-state index in [0.717, 1.165) is 16.7 Å². The third-order valence-corrected chi connectivity index (χ3v) is 6.30. The van der Waals surface area contributed by atoms with Crippen LogP contribution in [0, 0.1) is 5.82 Å². The largest absolute Gasteiger partial charge is 0.493 e. The molecule has 0 atom stereocenters. The summed E-state index contributed by atoms with van der Waals surface area (Å²) in [7, 11) is 2.64. The molecule has 36 heavy (non-hydrogen) atoms. The lowest BCUT2D eigenvalue weighted by atomic mass is 10.1. The number of carbonyl (C=O) groups is 3. The van der Waals surface area contributed by atoms with E-state index < -0.39 is 22.9 Å². The second-order valence-corrected chi connectivity index (χ2v) is 8.84. The van der Waals surface area contributed by atoms with Gasteiger partial charge in [-0.15, -0.1) is 0 Å². The molecule has 1 fully saturated rings. The number of imide groups is 1. The first-order chi connectivity index (χ1) is 17.3. The van der Waals surface area contributed by atoms with Gasteiger partial charge in [0.05, 0.1) is 30.7 Å². The van der Waals surface area contributed by atoms with Crippen molar-refractivity contribution in [1.82, 2.24) is 4.90 Å². The van der Waals surface area contributed by atoms with Gasteiger partial charge in [0.2, 0.25) is 5.76 Å². The molecular formula is C25H19ClFNO7S. The average Bonchev–Trinajstić information content (AvgIpc) is 3.44. The van der Waals surface area contributed by atoms with E-state index in [1.807, 2.05) is 0 Å². The van der Waals surface area contributed by atoms with Gasteiger partial charge in [-0.2, -0.15) is 0 Å². The number of amides is 2. The topological polar surface area (TPSA) is 95.3 Å². The molecular weight excluding hydrogens is 513 g/mol. The number of thioether (sulfide) groups is 1. The lowest BCUT2D eigenvalue weighted by Gasteiger charge is -2.14. The zero-order valence-electron chi connectivity index (χ0n) is 19.1. The van der Waals surface area contributed by atoms with Crippen molar-refractivity contribution in [3.63, 3.8) is 0 Å². The van der Waals surface area contributed by atoms with Gasteiger partial charge in [0.25, 0.3) is 11.1 Å². The van der Waals surface area contributed by atoms with Gasteiger partial charge in [-0.1, -0.05) is 29.8 Å². The fraction of sp³-hybridized carbons (Fsp3) is 0.160. The van der Waals surface area contributed by atoms with E-state index in [4.69, 9.17) is 25.5 Å². The van der Waals surface area contributed by atoms with Crippen LogP contribution in [-0.4, -0.2) is 36.2 Å². The number of halogens is 2. The van der Waals surface area contributed by atoms with E-state index in [1.165, 1.54) is 38.5 Å². The number of nitrogens with zero attached hydrogens (tertiary/aromatic N) is 1. The maximum Gasteiger partial charge on any atom is 0.373 e. The van der Waals surface area contributed by atoms with Crippen molar-refractivity contribution < 1.29 is 37.4 Å². The van der Waals surface area contributed by atoms with Gasteiger partial charge in [0.1, 0.15) is 18.2 Å². The van der Waals surface area contributed by atoms with Crippen molar-refractivity contribution in [2.45, 2.75) is 13.2 Å². The van der Waals surface area contributed by atoms with Crippen LogP contribution < -0.4 is 9.47 Å². The standard InChI is InChI=1S/C25H19ClFNO7S/c1-32-20-10-14(9-17(26)22(20)34-13-15-5-3-4-6-18(15)27)11-21-23(29)28(25(31)36-21)12-16-7-8-19(35-16)24(30)33-2/h3-11H,12-13H2,1-2H3/b21-11+. The molecule has 186 valence electrons. The SMILES string of the molecule is COC(=O)c1ccc(CN2C(=O)S/C(=C/c3cc(Cl)c(OCc4ccccc4F)c(OC)c3)C2=O)o1. The Hall–Kier alpha value is -3.76.